The summed E-state index contributed by atoms with van der Waals surface area (Å²) in [5.74, 6) is 6.52. The Balaban J connectivity index is 1.77. The van der Waals surface area contributed by atoms with E-state index in [1.165, 1.54) is 0 Å². The third kappa shape index (κ3) is 4.07. The highest BCUT2D eigenvalue weighted by atomic mass is 16.5. The lowest BCUT2D eigenvalue weighted by Gasteiger charge is -2.15. The molecule has 1 unspecified atom stereocenters. The number of hydrogen-bond donors (Lipinski definition) is 0. The summed E-state index contributed by atoms with van der Waals surface area (Å²) >= 11 is 0. The summed E-state index contributed by atoms with van der Waals surface area (Å²) in [6, 6.07) is 23.8. The molecule has 0 aromatic heterocycles. The summed E-state index contributed by atoms with van der Waals surface area (Å²) in [5.41, 5.74) is 15.4. The molecule has 0 spiro atoms. The lowest BCUT2D eigenvalue weighted by Crippen LogP contribution is -2.04. The zero-order valence-corrected chi connectivity index (χ0v) is 15.4. The first-order valence-electron chi connectivity index (χ1n) is 9.22. The van der Waals surface area contributed by atoms with Gasteiger partial charge >= 0.3 is 0 Å². The average Bonchev–Trinajstić information content (AvgIpc) is 3.20. The maximum absolute atomic E-state index is 9.17. The normalized spacial score (nSPS) is 13.0. The average molecular weight is 365 g/mol. The van der Waals surface area contributed by atoms with E-state index in [-0.39, 0.29) is 6.04 Å². The molecule has 4 rings (SSSR count). The fourth-order valence-electron chi connectivity index (χ4n) is 3.41. The van der Waals surface area contributed by atoms with Gasteiger partial charge in [0.05, 0.1) is 19.3 Å². The molecule has 0 bridgehead atoms. The molecule has 1 heterocycles. The summed E-state index contributed by atoms with van der Waals surface area (Å²) in [6.45, 7) is 1.18. The lowest BCUT2D eigenvalue weighted by atomic mass is 9.92. The van der Waals surface area contributed by atoms with E-state index < -0.39 is 0 Å². The molecule has 3 aromatic rings. The van der Waals surface area contributed by atoms with Crippen LogP contribution in [0.4, 0.5) is 0 Å². The van der Waals surface area contributed by atoms with Gasteiger partial charge in [-0.1, -0.05) is 71.6 Å². The largest absolute Gasteiger partial charge is 0.372 e. The van der Waals surface area contributed by atoms with Crippen LogP contribution in [0, 0.1) is 11.8 Å². The number of rotatable bonds is 4. The third-order valence-electron chi connectivity index (χ3n) is 4.82. The molecule has 0 amide bonds. The fraction of sp³-hybridized carbons (Fsp3) is 0.167. The van der Waals surface area contributed by atoms with Crippen LogP contribution in [0.1, 0.15) is 39.4 Å². The van der Waals surface area contributed by atoms with Crippen LogP contribution in [-0.4, -0.2) is 0 Å². The topological polar surface area (TPSA) is 58.0 Å². The van der Waals surface area contributed by atoms with Crippen molar-refractivity contribution in [1.29, 1.82) is 0 Å². The second-order valence-electron chi connectivity index (χ2n) is 6.73. The van der Waals surface area contributed by atoms with Crippen LogP contribution in [0.25, 0.3) is 10.4 Å². The zero-order chi connectivity index (χ0) is 19.2. The summed E-state index contributed by atoms with van der Waals surface area (Å²) in [7, 11) is 0. The molecular weight excluding hydrogens is 346 g/mol. The van der Waals surface area contributed by atoms with Gasteiger partial charge in [-0.2, -0.15) is 0 Å². The van der Waals surface area contributed by atoms with Crippen molar-refractivity contribution in [3.8, 4) is 11.8 Å². The Hall–Kier alpha value is -3.51. The van der Waals surface area contributed by atoms with Crippen molar-refractivity contribution in [3.05, 3.63) is 117 Å². The Labute approximate surface area is 164 Å². The van der Waals surface area contributed by atoms with Crippen molar-refractivity contribution in [1.82, 2.24) is 0 Å². The Kier molecular flexibility index (Phi) is 5.40. The van der Waals surface area contributed by atoms with Gasteiger partial charge in [-0.05, 0) is 52.4 Å². The van der Waals surface area contributed by atoms with Gasteiger partial charge in [-0.15, -0.1) is 0 Å². The van der Waals surface area contributed by atoms with E-state index in [0.29, 0.717) is 19.6 Å². The van der Waals surface area contributed by atoms with Crippen molar-refractivity contribution in [3.63, 3.8) is 0 Å². The molecule has 136 valence electrons. The van der Waals surface area contributed by atoms with Gasteiger partial charge in [-0.25, -0.2) is 0 Å². The Morgan fingerprint density at radius 1 is 0.929 bits per heavy atom. The van der Waals surface area contributed by atoms with Crippen molar-refractivity contribution in [2.24, 2.45) is 5.11 Å². The van der Waals surface area contributed by atoms with Gasteiger partial charge in [0.25, 0.3) is 0 Å². The smallest absolute Gasteiger partial charge is 0.0725 e. The van der Waals surface area contributed by atoms with Crippen LogP contribution < -0.4 is 0 Å². The fourth-order valence-corrected chi connectivity index (χ4v) is 3.41. The van der Waals surface area contributed by atoms with Crippen molar-refractivity contribution < 1.29 is 4.74 Å². The van der Waals surface area contributed by atoms with Gasteiger partial charge < -0.3 is 4.74 Å². The molecule has 0 fully saturated rings. The van der Waals surface area contributed by atoms with Crippen LogP contribution >= 0.6 is 0 Å². The third-order valence-corrected chi connectivity index (χ3v) is 4.82. The number of azide groups is 1. The number of ether oxygens (including phenoxy) is 1. The molecule has 0 aliphatic carbocycles. The highest BCUT2D eigenvalue weighted by Crippen LogP contribution is 2.31. The minimum Gasteiger partial charge on any atom is -0.372 e. The zero-order valence-electron chi connectivity index (χ0n) is 15.4. The molecule has 0 radical (unpaired) electrons. The van der Waals surface area contributed by atoms with Crippen LogP contribution in [-0.2, 0) is 24.4 Å². The van der Waals surface area contributed by atoms with Gasteiger partial charge in [0.2, 0.25) is 0 Å². The Morgan fingerprint density at radius 2 is 1.61 bits per heavy atom. The molecule has 1 atom stereocenters. The number of fused-ring (bicyclic) bond motifs is 1. The van der Waals surface area contributed by atoms with Crippen molar-refractivity contribution >= 4 is 0 Å². The van der Waals surface area contributed by atoms with Gasteiger partial charge in [-0.3, -0.25) is 0 Å². The van der Waals surface area contributed by atoms with E-state index in [0.717, 1.165) is 33.4 Å². The number of benzene rings is 3. The summed E-state index contributed by atoms with van der Waals surface area (Å²) < 4.78 is 5.59. The maximum Gasteiger partial charge on any atom is 0.0725 e. The first-order valence-corrected chi connectivity index (χ1v) is 9.22. The number of nitrogens with zero attached hydrogens (tertiary/aromatic N) is 3. The SMILES string of the molecule is [N-]=[N+]=NC(Cc1ccccc1)c1cc2c(cc1C#Cc1ccccc1)COC2. The van der Waals surface area contributed by atoms with Crippen LogP contribution in [0.2, 0.25) is 0 Å². The monoisotopic (exact) mass is 365 g/mol. The Morgan fingerprint density at radius 3 is 2.32 bits per heavy atom. The number of hydrogen-bond acceptors (Lipinski definition) is 2. The van der Waals surface area contributed by atoms with Crippen LogP contribution in [0.5, 0.6) is 0 Å². The van der Waals surface area contributed by atoms with Gasteiger partial charge in [0.15, 0.2) is 0 Å². The quantitative estimate of drug-likeness (QED) is 0.253. The minimum absolute atomic E-state index is 0.321. The van der Waals surface area contributed by atoms with E-state index in [2.05, 4.69) is 34.0 Å². The molecule has 4 nitrogen and oxygen atoms in total. The van der Waals surface area contributed by atoms with Gasteiger partial charge in [0, 0.05) is 16.0 Å². The van der Waals surface area contributed by atoms with Crippen molar-refractivity contribution in [2.45, 2.75) is 25.7 Å². The second-order valence-corrected chi connectivity index (χ2v) is 6.73. The molecule has 28 heavy (non-hydrogen) atoms. The molecule has 1 aliphatic rings. The predicted octanol–water partition coefficient (Wildman–Crippen LogP) is 5.71. The van der Waals surface area contributed by atoms with E-state index >= 15 is 0 Å². The summed E-state index contributed by atoms with van der Waals surface area (Å²) in [6.07, 6.45) is 0.630. The molecule has 0 saturated carbocycles. The summed E-state index contributed by atoms with van der Waals surface area (Å²) in [5, 5.41) is 4.10. The second kappa shape index (κ2) is 8.45. The highest BCUT2D eigenvalue weighted by molar-refractivity contribution is 5.52. The molecule has 0 N–H and O–H groups in total. The predicted molar refractivity (Wildman–Crippen MR) is 109 cm³/mol. The summed E-state index contributed by atoms with van der Waals surface area (Å²) in [4.78, 5) is 3.11. The minimum atomic E-state index is -0.321. The van der Waals surface area contributed by atoms with E-state index in [4.69, 9.17) is 10.3 Å². The maximum atomic E-state index is 9.17. The van der Waals surface area contributed by atoms with E-state index in [9.17, 15) is 0 Å². The molecule has 1 aliphatic heterocycles. The molecule has 3 aromatic carbocycles. The first kappa shape index (κ1) is 17.9. The lowest BCUT2D eigenvalue weighted by molar-refractivity contribution is 0.134. The molecule has 4 heteroatoms. The molecule has 0 saturated heterocycles. The van der Waals surface area contributed by atoms with Crippen LogP contribution in [0.3, 0.4) is 0 Å². The van der Waals surface area contributed by atoms with Crippen LogP contribution in [0.15, 0.2) is 77.9 Å². The van der Waals surface area contributed by atoms with Crippen molar-refractivity contribution in [2.75, 3.05) is 0 Å². The van der Waals surface area contributed by atoms with Gasteiger partial charge in [0.1, 0.15) is 0 Å². The molecular formula is C24H19N3O. The highest BCUT2D eigenvalue weighted by Gasteiger charge is 2.20. The standard InChI is InChI=1S/C24H19N3O/c25-27-26-24(13-19-9-5-2-6-10-19)23-15-22-17-28-16-21(22)14-20(23)12-11-18-7-3-1-4-8-18/h1-10,14-15,24H,13,16-17H2. The van der Waals surface area contributed by atoms with E-state index in [1.807, 2.05) is 60.7 Å². The first-order chi connectivity index (χ1) is 13.8. The Bertz CT molecular complexity index is 1080. The van der Waals surface area contributed by atoms with E-state index in [1.54, 1.807) is 0 Å².